The Hall–Kier alpha value is -1.49. The van der Waals surface area contributed by atoms with E-state index < -0.39 is 12.0 Å². The second kappa shape index (κ2) is 5.25. The lowest BCUT2D eigenvalue weighted by atomic mass is 9.98. The van der Waals surface area contributed by atoms with Crippen molar-refractivity contribution in [2.45, 2.75) is 26.8 Å². The van der Waals surface area contributed by atoms with Crippen molar-refractivity contribution < 1.29 is 14.7 Å². The lowest BCUT2D eigenvalue weighted by Crippen LogP contribution is -2.42. The average molecular weight is 279 g/mol. The third kappa shape index (κ3) is 2.61. The molecule has 1 atom stereocenters. The molecule has 1 fully saturated rings. The standard InChI is InChI=1S/C14H17NO3S/c1-8-4-9(2)12(10(3)5-8)13(16)15-7-19-6-11(15)14(17)18/h4-5,11H,6-7H2,1-3H3,(H,17,18)/t11-/m0/s1. The number of carboxylic acids is 1. The first-order valence-corrected chi connectivity index (χ1v) is 7.26. The topological polar surface area (TPSA) is 57.6 Å². The number of hydrogen-bond acceptors (Lipinski definition) is 3. The van der Waals surface area contributed by atoms with Crippen LogP contribution in [0.4, 0.5) is 0 Å². The Labute approximate surface area is 116 Å². The van der Waals surface area contributed by atoms with Gasteiger partial charge in [0.25, 0.3) is 5.91 Å². The Kier molecular flexibility index (Phi) is 3.85. The maximum Gasteiger partial charge on any atom is 0.327 e. The number of aliphatic carboxylic acids is 1. The van der Waals surface area contributed by atoms with Gasteiger partial charge in [-0.1, -0.05) is 17.7 Å². The van der Waals surface area contributed by atoms with Gasteiger partial charge in [0.05, 0.1) is 5.88 Å². The van der Waals surface area contributed by atoms with Gasteiger partial charge in [0, 0.05) is 11.3 Å². The van der Waals surface area contributed by atoms with Gasteiger partial charge in [0.2, 0.25) is 0 Å². The van der Waals surface area contributed by atoms with E-state index in [1.807, 2.05) is 32.9 Å². The van der Waals surface area contributed by atoms with Crippen LogP contribution in [0.15, 0.2) is 12.1 Å². The quantitative estimate of drug-likeness (QED) is 0.901. The summed E-state index contributed by atoms with van der Waals surface area (Å²) in [5, 5.41) is 9.15. The molecule has 1 aliphatic rings. The van der Waals surface area contributed by atoms with Crippen molar-refractivity contribution in [1.82, 2.24) is 4.90 Å². The van der Waals surface area contributed by atoms with Crippen molar-refractivity contribution in [3.63, 3.8) is 0 Å². The Morgan fingerprint density at radius 3 is 2.37 bits per heavy atom. The molecule has 0 saturated carbocycles. The minimum atomic E-state index is -0.930. The summed E-state index contributed by atoms with van der Waals surface area (Å²) >= 11 is 1.48. The summed E-state index contributed by atoms with van der Waals surface area (Å²) in [5.74, 6) is -0.193. The number of thioether (sulfide) groups is 1. The van der Waals surface area contributed by atoms with E-state index >= 15 is 0 Å². The van der Waals surface area contributed by atoms with Crippen LogP contribution in [-0.2, 0) is 4.79 Å². The fraction of sp³-hybridized carbons (Fsp3) is 0.429. The van der Waals surface area contributed by atoms with E-state index in [1.165, 1.54) is 16.7 Å². The third-order valence-corrected chi connectivity index (χ3v) is 4.33. The van der Waals surface area contributed by atoms with Crippen LogP contribution in [0.25, 0.3) is 0 Å². The average Bonchev–Trinajstić information content (AvgIpc) is 2.75. The number of aryl methyl sites for hydroxylation is 3. The zero-order valence-corrected chi connectivity index (χ0v) is 12.1. The van der Waals surface area contributed by atoms with Crippen LogP contribution in [0.2, 0.25) is 0 Å². The highest BCUT2D eigenvalue weighted by Crippen LogP contribution is 2.26. The molecule has 2 rings (SSSR count). The molecule has 1 aromatic carbocycles. The summed E-state index contributed by atoms with van der Waals surface area (Å²) in [6.07, 6.45) is 0. The molecule has 1 heterocycles. The number of carboxylic acid groups (broad SMARTS) is 1. The molecule has 0 spiro atoms. The highest BCUT2D eigenvalue weighted by molar-refractivity contribution is 7.99. The van der Waals surface area contributed by atoms with Gasteiger partial charge in [-0.15, -0.1) is 11.8 Å². The second-order valence-electron chi connectivity index (χ2n) is 4.90. The molecule has 102 valence electrons. The smallest absolute Gasteiger partial charge is 0.327 e. The molecule has 1 aromatic rings. The van der Waals surface area contributed by atoms with Crippen LogP contribution in [0.5, 0.6) is 0 Å². The minimum Gasteiger partial charge on any atom is -0.480 e. The molecule has 4 nitrogen and oxygen atoms in total. The summed E-state index contributed by atoms with van der Waals surface area (Å²) in [7, 11) is 0. The number of benzene rings is 1. The van der Waals surface area contributed by atoms with Crippen LogP contribution in [-0.4, -0.2) is 39.6 Å². The van der Waals surface area contributed by atoms with Crippen molar-refractivity contribution in [1.29, 1.82) is 0 Å². The maximum atomic E-state index is 12.6. The van der Waals surface area contributed by atoms with Crippen LogP contribution in [0.1, 0.15) is 27.0 Å². The third-order valence-electron chi connectivity index (χ3n) is 3.32. The summed E-state index contributed by atoms with van der Waals surface area (Å²) < 4.78 is 0. The number of carbonyl (C=O) groups excluding carboxylic acids is 1. The molecular weight excluding hydrogens is 262 g/mol. The van der Waals surface area contributed by atoms with Gasteiger partial charge in [-0.2, -0.15) is 0 Å². The summed E-state index contributed by atoms with van der Waals surface area (Å²) in [6.45, 7) is 5.78. The normalized spacial score (nSPS) is 18.7. The van der Waals surface area contributed by atoms with Gasteiger partial charge in [-0.3, -0.25) is 4.79 Å². The largest absolute Gasteiger partial charge is 0.480 e. The van der Waals surface area contributed by atoms with E-state index in [9.17, 15) is 9.59 Å². The van der Waals surface area contributed by atoms with Crippen molar-refractivity contribution >= 4 is 23.6 Å². The van der Waals surface area contributed by atoms with Gasteiger partial charge in [0.1, 0.15) is 6.04 Å². The van der Waals surface area contributed by atoms with E-state index in [-0.39, 0.29) is 5.91 Å². The fourth-order valence-electron chi connectivity index (χ4n) is 2.51. The summed E-state index contributed by atoms with van der Waals surface area (Å²) in [6, 6.07) is 3.20. The first-order chi connectivity index (χ1) is 8.91. The zero-order chi connectivity index (χ0) is 14.2. The molecule has 1 saturated heterocycles. The number of hydrogen-bond donors (Lipinski definition) is 1. The predicted octanol–water partition coefficient (Wildman–Crippen LogP) is 2.21. The Morgan fingerprint density at radius 2 is 1.84 bits per heavy atom. The summed E-state index contributed by atoms with van der Waals surface area (Å²) in [5.41, 5.74) is 3.56. The molecule has 1 aliphatic heterocycles. The van der Waals surface area contributed by atoms with E-state index in [4.69, 9.17) is 5.11 Å². The van der Waals surface area contributed by atoms with Gasteiger partial charge < -0.3 is 10.0 Å². The van der Waals surface area contributed by atoms with E-state index in [2.05, 4.69) is 0 Å². The van der Waals surface area contributed by atoms with Crippen LogP contribution < -0.4 is 0 Å². The first kappa shape index (κ1) is 13.9. The molecule has 0 unspecified atom stereocenters. The molecular formula is C14H17NO3S. The summed E-state index contributed by atoms with van der Waals surface area (Å²) in [4.78, 5) is 25.2. The highest BCUT2D eigenvalue weighted by atomic mass is 32.2. The number of carbonyl (C=O) groups is 2. The lowest BCUT2D eigenvalue weighted by Gasteiger charge is -2.22. The molecule has 1 amide bonds. The minimum absolute atomic E-state index is 0.174. The Morgan fingerprint density at radius 1 is 1.26 bits per heavy atom. The Bertz CT molecular complexity index is 518. The van der Waals surface area contributed by atoms with Crippen molar-refractivity contribution in [3.05, 3.63) is 34.4 Å². The van der Waals surface area contributed by atoms with Crippen molar-refractivity contribution in [2.24, 2.45) is 0 Å². The molecule has 0 bridgehead atoms. The monoisotopic (exact) mass is 279 g/mol. The maximum absolute atomic E-state index is 12.6. The van der Waals surface area contributed by atoms with Crippen LogP contribution >= 0.6 is 11.8 Å². The van der Waals surface area contributed by atoms with Crippen LogP contribution in [0.3, 0.4) is 0 Å². The van der Waals surface area contributed by atoms with Gasteiger partial charge >= 0.3 is 5.97 Å². The van der Waals surface area contributed by atoms with Crippen molar-refractivity contribution in [3.8, 4) is 0 Å². The zero-order valence-electron chi connectivity index (χ0n) is 11.3. The van der Waals surface area contributed by atoms with Gasteiger partial charge in [-0.25, -0.2) is 4.79 Å². The number of rotatable bonds is 2. The molecule has 1 N–H and O–H groups in total. The highest BCUT2D eigenvalue weighted by Gasteiger charge is 2.35. The SMILES string of the molecule is Cc1cc(C)c(C(=O)N2CSC[C@H]2C(=O)O)c(C)c1. The lowest BCUT2D eigenvalue weighted by molar-refractivity contribution is -0.140. The molecule has 19 heavy (non-hydrogen) atoms. The van der Waals surface area contributed by atoms with E-state index in [0.717, 1.165) is 16.7 Å². The molecule has 0 aliphatic carbocycles. The van der Waals surface area contributed by atoms with E-state index in [0.29, 0.717) is 17.2 Å². The van der Waals surface area contributed by atoms with E-state index in [1.54, 1.807) is 0 Å². The Balaban J connectivity index is 2.37. The second-order valence-corrected chi connectivity index (χ2v) is 5.90. The van der Waals surface area contributed by atoms with Crippen LogP contribution in [0, 0.1) is 20.8 Å². The predicted molar refractivity (Wildman–Crippen MR) is 75.6 cm³/mol. The van der Waals surface area contributed by atoms with Gasteiger partial charge in [-0.05, 0) is 31.9 Å². The van der Waals surface area contributed by atoms with Gasteiger partial charge in [0.15, 0.2) is 0 Å². The molecule has 0 aromatic heterocycles. The first-order valence-electron chi connectivity index (χ1n) is 6.11. The molecule has 5 heteroatoms. The van der Waals surface area contributed by atoms with Crippen molar-refractivity contribution in [2.75, 3.05) is 11.6 Å². The number of amides is 1. The molecule has 0 radical (unpaired) electrons. The fourth-order valence-corrected chi connectivity index (χ4v) is 3.65. The number of nitrogens with zero attached hydrogens (tertiary/aromatic N) is 1.